The first-order valence-electron chi connectivity index (χ1n) is 14.2. The molecular weight excluding hydrogens is 526 g/mol. The molecule has 8 nitrogen and oxygen atoms in total. The van der Waals surface area contributed by atoms with Crippen molar-refractivity contribution in [2.45, 2.75) is 75.5 Å². The van der Waals surface area contributed by atoms with Gasteiger partial charge in [-0.3, -0.25) is 4.79 Å². The van der Waals surface area contributed by atoms with E-state index < -0.39 is 6.09 Å². The maximum absolute atomic E-state index is 13.1. The molecule has 1 aromatic heterocycles. The molecular formula is C28H40ClN3O5S. The van der Waals surface area contributed by atoms with E-state index in [1.807, 2.05) is 0 Å². The van der Waals surface area contributed by atoms with Gasteiger partial charge in [0.2, 0.25) is 0 Å². The molecule has 1 aromatic rings. The number of carbonyl (C=O) groups excluding carboxylic acids is 1. The second-order valence-corrected chi connectivity index (χ2v) is 13.3. The summed E-state index contributed by atoms with van der Waals surface area (Å²) in [7, 11) is 0. The van der Waals surface area contributed by atoms with Crippen LogP contribution in [0, 0.1) is 23.2 Å². The van der Waals surface area contributed by atoms with Crippen molar-refractivity contribution < 1.29 is 24.2 Å². The zero-order valence-corrected chi connectivity index (χ0v) is 23.6. The third kappa shape index (κ3) is 7.14. The van der Waals surface area contributed by atoms with E-state index in [-0.39, 0.29) is 17.6 Å². The minimum absolute atomic E-state index is 0.149. The number of carbonyl (C=O) groups is 2. The van der Waals surface area contributed by atoms with Gasteiger partial charge in [0.05, 0.1) is 22.2 Å². The first-order chi connectivity index (χ1) is 18.4. The van der Waals surface area contributed by atoms with E-state index in [2.05, 4.69) is 10.3 Å². The van der Waals surface area contributed by atoms with Gasteiger partial charge in [-0.25, -0.2) is 9.78 Å². The number of ether oxygens (including phenoxy) is 2. The molecule has 5 aliphatic rings. The number of pyridine rings is 1. The minimum Gasteiger partial charge on any atom is -0.465 e. The largest absolute Gasteiger partial charge is 0.465 e. The summed E-state index contributed by atoms with van der Waals surface area (Å²) in [6.45, 7) is 2.68. The van der Waals surface area contributed by atoms with Gasteiger partial charge in [-0.15, -0.1) is 11.8 Å². The molecule has 0 spiro atoms. The Morgan fingerprint density at radius 3 is 2.58 bits per heavy atom. The summed E-state index contributed by atoms with van der Waals surface area (Å²) >= 11 is 7.79. The van der Waals surface area contributed by atoms with E-state index in [0.29, 0.717) is 47.5 Å². The third-order valence-electron chi connectivity index (χ3n) is 8.76. The SMILES string of the molecule is O=C(NCC12CC3CC(CC(C3)C1)C2)c1cc(SCCN(CCCOC2CCCCO2)C(=O)O)ncc1Cl. The molecule has 4 saturated carbocycles. The van der Waals surface area contributed by atoms with Crippen molar-refractivity contribution in [1.82, 2.24) is 15.2 Å². The molecule has 2 heterocycles. The number of nitrogens with one attached hydrogen (secondary N) is 1. The van der Waals surface area contributed by atoms with E-state index in [1.54, 1.807) is 6.07 Å². The van der Waals surface area contributed by atoms with Gasteiger partial charge >= 0.3 is 6.09 Å². The van der Waals surface area contributed by atoms with Gasteiger partial charge < -0.3 is 24.8 Å². The topological polar surface area (TPSA) is 101 Å². The number of carboxylic acid groups (broad SMARTS) is 1. The van der Waals surface area contributed by atoms with Crippen LogP contribution in [0.15, 0.2) is 17.3 Å². The lowest BCUT2D eigenvalue weighted by Gasteiger charge is -2.56. The lowest BCUT2D eigenvalue weighted by molar-refractivity contribution is -0.162. The molecule has 1 aliphatic heterocycles. The van der Waals surface area contributed by atoms with Crippen LogP contribution in [0.25, 0.3) is 0 Å². The molecule has 5 fully saturated rings. The second-order valence-electron chi connectivity index (χ2n) is 11.7. The van der Waals surface area contributed by atoms with Gasteiger partial charge in [0.15, 0.2) is 6.29 Å². The average molecular weight is 566 g/mol. The number of rotatable bonds is 12. The van der Waals surface area contributed by atoms with Crippen LogP contribution in [0.5, 0.6) is 0 Å². The number of hydrogen-bond donors (Lipinski definition) is 2. The Kier molecular flexibility index (Phi) is 9.39. The van der Waals surface area contributed by atoms with Crippen molar-refractivity contribution in [3.8, 4) is 0 Å². The molecule has 2 N–H and O–H groups in total. The molecule has 0 aromatic carbocycles. The van der Waals surface area contributed by atoms with Crippen LogP contribution in [-0.4, -0.2) is 71.9 Å². The lowest BCUT2D eigenvalue weighted by Crippen LogP contribution is -2.51. The Morgan fingerprint density at radius 1 is 1.18 bits per heavy atom. The predicted octanol–water partition coefficient (Wildman–Crippen LogP) is 5.69. The van der Waals surface area contributed by atoms with Crippen LogP contribution in [0.3, 0.4) is 0 Å². The maximum Gasteiger partial charge on any atom is 0.407 e. The highest BCUT2D eigenvalue weighted by molar-refractivity contribution is 7.99. The van der Waals surface area contributed by atoms with Gasteiger partial charge in [0.25, 0.3) is 5.91 Å². The van der Waals surface area contributed by atoms with Crippen molar-refractivity contribution in [1.29, 1.82) is 0 Å². The fraction of sp³-hybridized carbons (Fsp3) is 0.750. The molecule has 0 radical (unpaired) electrons. The number of nitrogens with zero attached hydrogens (tertiary/aromatic N) is 2. The second kappa shape index (κ2) is 12.7. The van der Waals surface area contributed by atoms with Crippen LogP contribution in [0.2, 0.25) is 5.02 Å². The van der Waals surface area contributed by atoms with Gasteiger partial charge in [-0.2, -0.15) is 0 Å². The highest BCUT2D eigenvalue weighted by Crippen LogP contribution is 2.59. The van der Waals surface area contributed by atoms with E-state index in [1.165, 1.54) is 61.4 Å². The molecule has 210 valence electrons. The quantitative estimate of drug-likeness (QED) is 0.248. The summed E-state index contributed by atoms with van der Waals surface area (Å²) in [5.41, 5.74) is 0.696. The Hall–Kier alpha value is -1.55. The van der Waals surface area contributed by atoms with Crippen molar-refractivity contribution in [2.24, 2.45) is 23.2 Å². The highest BCUT2D eigenvalue weighted by atomic mass is 35.5. The van der Waals surface area contributed by atoms with Gasteiger partial charge in [-0.1, -0.05) is 11.6 Å². The van der Waals surface area contributed by atoms with Crippen molar-refractivity contribution in [2.75, 3.05) is 38.6 Å². The van der Waals surface area contributed by atoms with Gasteiger partial charge in [0.1, 0.15) is 0 Å². The average Bonchev–Trinajstić information content (AvgIpc) is 2.89. The molecule has 38 heavy (non-hydrogen) atoms. The highest BCUT2D eigenvalue weighted by Gasteiger charge is 2.50. The number of halogens is 1. The Balaban J connectivity index is 1.07. The fourth-order valence-corrected chi connectivity index (χ4v) is 8.46. The molecule has 4 aliphatic carbocycles. The fourth-order valence-electron chi connectivity index (χ4n) is 7.42. The summed E-state index contributed by atoms with van der Waals surface area (Å²) in [5.74, 6) is 2.91. The molecule has 2 amide bonds. The van der Waals surface area contributed by atoms with E-state index in [0.717, 1.165) is 50.2 Å². The number of thioether (sulfide) groups is 1. The summed E-state index contributed by atoms with van der Waals surface area (Å²) in [6, 6.07) is 1.73. The zero-order valence-electron chi connectivity index (χ0n) is 22.0. The summed E-state index contributed by atoms with van der Waals surface area (Å²) in [6.07, 6.45) is 12.0. The van der Waals surface area contributed by atoms with Gasteiger partial charge in [-0.05, 0) is 93.4 Å². The number of hydrogen-bond acceptors (Lipinski definition) is 6. The van der Waals surface area contributed by atoms with Crippen LogP contribution in [0.4, 0.5) is 4.79 Å². The summed E-state index contributed by atoms with van der Waals surface area (Å²) in [5, 5.41) is 13.8. The molecule has 1 unspecified atom stereocenters. The monoisotopic (exact) mass is 565 g/mol. The Labute approximate surface area is 234 Å². The molecule has 1 saturated heterocycles. The van der Waals surface area contributed by atoms with E-state index >= 15 is 0 Å². The molecule has 4 bridgehead atoms. The van der Waals surface area contributed by atoms with Crippen molar-refractivity contribution in [3.05, 3.63) is 22.8 Å². The minimum atomic E-state index is -0.951. The molecule has 1 atom stereocenters. The number of amides is 2. The zero-order chi connectivity index (χ0) is 26.5. The predicted molar refractivity (Wildman–Crippen MR) is 147 cm³/mol. The third-order valence-corrected chi connectivity index (χ3v) is 9.97. The van der Waals surface area contributed by atoms with Crippen molar-refractivity contribution in [3.63, 3.8) is 0 Å². The molecule has 10 heteroatoms. The maximum atomic E-state index is 13.1. The first-order valence-corrected chi connectivity index (χ1v) is 15.5. The Morgan fingerprint density at radius 2 is 1.92 bits per heavy atom. The normalized spacial score (nSPS) is 29.8. The summed E-state index contributed by atoms with van der Waals surface area (Å²) < 4.78 is 11.3. The Bertz CT molecular complexity index is 954. The molecule has 6 rings (SSSR count). The van der Waals surface area contributed by atoms with Crippen LogP contribution in [-0.2, 0) is 9.47 Å². The van der Waals surface area contributed by atoms with Crippen molar-refractivity contribution >= 4 is 35.4 Å². The van der Waals surface area contributed by atoms with Crippen LogP contribution >= 0.6 is 23.4 Å². The standard InChI is InChI=1S/C28H40ClN3O5S/c29-23-17-30-24(38-9-6-32(27(34)35)5-3-8-37-25-4-1-2-7-36-25)13-22(23)26(33)31-18-28-14-19-10-20(15-28)12-21(11-19)16-28/h13,17,19-21,25H,1-12,14-16,18H2,(H,31,33)(H,34,35). The first kappa shape index (κ1) is 28.0. The smallest absolute Gasteiger partial charge is 0.407 e. The van der Waals surface area contributed by atoms with Crippen LogP contribution < -0.4 is 5.32 Å². The van der Waals surface area contributed by atoms with E-state index in [4.69, 9.17) is 21.1 Å². The van der Waals surface area contributed by atoms with E-state index in [9.17, 15) is 14.7 Å². The van der Waals surface area contributed by atoms with Crippen LogP contribution in [0.1, 0.15) is 74.6 Å². The lowest BCUT2D eigenvalue weighted by atomic mass is 9.49. The number of aromatic nitrogens is 1. The summed E-state index contributed by atoms with van der Waals surface area (Å²) in [4.78, 5) is 30.5. The van der Waals surface area contributed by atoms with Gasteiger partial charge in [0, 0.05) is 38.2 Å².